The van der Waals surface area contributed by atoms with Gasteiger partial charge in [0.25, 0.3) is 0 Å². The van der Waals surface area contributed by atoms with Crippen LogP contribution in [0.25, 0.3) is 0 Å². The summed E-state index contributed by atoms with van der Waals surface area (Å²) in [4.78, 5) is 21.7. The standard InChI is InChI=1S/C12H15NO6S/c1-8(12(15)16)13-20(17,18)10-5-3-4-9(6-10)7-11(14)19-2/h3-6,8,13H,7H2,1-2H3,(H,15,16)/t8-/m0/s1. The van der Waals surface area contributed by atoms with E-state index < -0.39 is 28.0 Å². The first-order valence-corrected chi connectivity index (χ1v) is 7.15. The van der Waals surface area contributed by atoms with Gasteiger partial charge in [0.05, 0.1) is 18.4 Å². The van der Waals surface area contributed by atoms with E-state index in [-0.39, 0.29) is 11.3 Å². The molecule has 1 aromatic rings. The van der Waals surface area contributed by atoms with Crippen molar-refractivity contribution in [1.29, 1.82) is 0 Å². The molecule has 7 nitrogen and oxygen atoms in total. The molecule has 0 spiro atoms. The number of carbonyl (C=O) groups is 2. The van der Waals surface area contributed by atoms with E-state index in [1.54, 1.807) is 6.07 Å². The Labute approximate surface area is 116 Å². The van der Waals surface area contributed by atoms with E-state index in [1.165, 1.54) is 32.2 Å². The van der Waals surface area contributed by atoms with Crippen molar-refractivity contribution in [2.75, 3.05) is 7.11 Å². The second-order valence-corrected chi connectivity index (χ2v) is 5.80. The second-order valence-electron chi connectivity index (χ2n) is 4.08. The Bertz CT molecular complexity index is 610. The Kier molecular flexibility index (Phi) is 5.23. The number of carbonyl (C=O) groups excluding carboxylic acids is 1. The third-order valence-electron chi connectivity index (χ3n) is 2.49. The summed E-state index contributed by atoms with van der Waals surface area (Å²) < 4.78 is 30.4. The maximum atomic E-state index is 12.0. The van der Waals surface area contributed by atoms with Crippen molar-refractivity contribution in [2.24, 2.45) is 0 Å². The number of rotatable bonds is 6. The number of nitrogens with one attached hydrogen (secondary N) is 1. The lowest BCUT2D eigenvalue weighted by Crippen LogP contribution is -2.38. The maximum absolute atomic E-state index is 12.0. The molecule has 0 unspecified atom stereocenters. The van der Waals surface area contributed by atoms with Crippen molar-refractivity contribution in [3.05, 3.63) is 29.8 Å². The van der Waals surface area contributed by atoms with Gasteiger partial charge in [0.1, 0.15) is 6.04 Å². The molecule has 1 atom stereocenters. The topological polar surface area (TPSA) is 110 Å². The van der Waals surface area contributed by atoms with Crippen LogP contribution in [-0.4, -0.2) is 38.6 Å². The lowest BCUT2D eigenvalue weighted by Gasteiger charge is -2.11. The molecule has 1 rings (SSSR count). The van der Waals surface area contributed by atoms with Crippen LogP contribution in [0.1, 0.15) is 12.5 Å². The van der Waals surface area contributed by atoms with Gasteiger partial charge in [-0.3, -0.25) is 9.59 Å². The number of methoxy groups -OCH3 is 1. The number of hydrogen-bond acceptors (Lipinski definition) is 5. The van der Waals surface area contributed by atoms with E-state index in [0.717, 1.165) is 0 Å². The molecule has 0 saturated heterocycles. The second kappa shape index (κ2) is 6.49. The largest absolute Gasteiger partial charge is 0.480 e. The van der Waals surface area contributed by atoms with Crippen LogP contribution in [0.4, 0.5) is 0 Å². The van der Waals surface area contributed by atoms with Gasteiger partial charge in [0.2, 0.25) is 10.0 Å². The van der Waals surface area contributed by atoms with E-state index in [9.17, 15) is 18.0 Å². The molecule has 0 heterocycles. The molecule has 0 saturated carbocycles. The molecule has 0 aliphatic carbocycles. The van der Waals surface area contributed by atoms with Crippen LogP contribution in [-0.2, 0) is 30.8 Å². The zero-order valence-corrected chi connectivity index (χ0v) is 11.8. The van der Waals surface area contributed by atoms with Gasteiger partial charge < -0.3 is 9.84 Å². The number of carboxylic acids is 1. The van der Waals surface area contributed by atoms with Gasteiger partial charge in [0, 0.05) is 0 Å². The van der Waals surface area contributed by atoms with E-state index in [4.69, 9.17) is 5.11 Å². The Hall–Kier alpha value is -1.93. The Morgan fingerprint density at radius 2 is 2.05 bits per heavy atom. The average molecular weight is 301 g/mol. The van der Waals surface area contributed by atoms with Crippen molar-refractivity contribution in [2.45, 2.75) is 24.3 Å². The third-order valence-corrected chi connectivity index (χ3v) is 4.03. The number of sulfonamides is 1. The molecular formula is C12H15NO6S. The fraction of sp³-hybridized carbons (Fsp3) is 0.333. The summed E-state index contributed by atoms with van der Waals surface area (Å²) in [5.41, 5.74) is 0.461. The predicted molar refractivity (Wildman–Crippen MR) is 69.6 cm³/mol. The van der Waals surface area contributed by atoms with Gasteiger partial charge in [-0.1, -0.05) is 12.1 Å². The van der Waals surface area contributed by atoms with E-state index in [0.29, 0.717) is 5.56 Å². The number of aliphatic carboxylic acids is 1. The predicted octanol–water partition coefficient (Wildman–Crippen LogP) is 0.153. The smallest absolute Gasteiger partial charge is 0.321 e. The summed E-state index contributed by atoms with van der Waals surface area (Å²) in [5.74, 6) is -1.77. The van der Waals surface area contributed by atoms with Gasteiger partial charge in [-0.15, -0.1) is 0 Å². The maximum Gasteiger partial charge on any atom is 0.321 e. The van der Waals surface area contributed by atoms with Gasteiger partial charge in [-0.2, -0.15) is 4.72 Å². The first-order chi connectivity index (χ1) is 9.26. The molecule has 0 aliphatic heterocycles. The molecule has 1 aromatic carbocycles. The van der Waals surface area contributed by atoms with Crippen LogP contribution in [0.2, 0.25) is 0 Å². The van der Waals surface area contributed by atoms with Crippen LogP contribution in [0.3, 0.4) is 0 Å². The van der Waals surface area contributed by atoms with Crippen molar-refractivity contribution >= 4 is 22.0 Å². The SMILES string of the molecule is COC(=O)Cc1cccc(S(=O)(=O)N[C@@H](C)C(=O)O)c1. The van der Waals surface area contributed by atoms with Gasteiger partial charge >= 0.3 is 11.9 Å². The van der Waals surface area contributed by atoms with Crippen molar-refractivity contribution in [1.82, 2.24) is 4.72 Å². The Morgan fingerprint density at radius 1 is 1.40 bits per heavy atom. The minimum absolute atomic E-state index is 0.0612. The lowest BCUT2D eigenvalue weighted by atomic mass is 10.1. The van der Waals surface area contributed by atoms with Crippen molar-refractivity contribution < 1.29 is 27.9 Å². The van der Waals surface area contributed by atoms with Crippen molar-refractivity contribution in [3.8, 4) is 0 Å². The molecule has 20 heavy (non-hydrogen) atoms. The Morgan fingerprint density at radius 3 is 2.60 bits per heavy atom. The fourth-order valence-corrected chi connectivity index (χ4v) is 2.68. The summed E-state index contributed by atoms with van der Waals surface area (Å²) in [7, 11) is -2.72. The minimum atomic E-state index is -3.95. The highest BCUT2D eigenvalue weighted by molar-refractivity contribution is 7.89. The average Bonchev–Trinajstić information content (AvgIpc) is 2.38. The van der Waals surface area contributed by atoms with E-state index in [1.807, 2.05) is 4.72 Å². The summed E-state index contributed by atoms with van der Waals surface area (Å²) >= 11 is 0. The van der Waals surface area contributed by atoms with Crippen molar-refractivity contribution in [3.63, 3.8) is 0 Å². The molecule has 0 aliphatic rings. The molecule has 2 N–H and O–H groups in total. The van der Waals surface area contributed by atoms with Crippen LogP contribution in [0.5, 0.6) is 0 Å². The van der Waals surface area contributed by atoms with Gasteiger partial charge in [-0.25, -0.2) is 8.42 Å². The van der Waals surface area contributed by atoms with Crippen LogP contribution in [0.15, 0.2) is 29.2 Å². The summed E-state index contributed by atoms with van der Waals surface area (Å²) in [5, 5.41) is 8.71. The molecule has 0 aromatic heterocycles. The number of carboxylic acid groups (broad SMARTS) is 1. The molecular weight excluding hydrogens is 286 g/mol. The number of hydrogen-bond donors (Lipinski definition) is 2. The van der Waals surface area contributed by atoms with Crippen LogP contribution < -0.4 is 4.72 Å². The summed E-state index contributed by atoms with van der Waals surface area (Å²) in [6.45, 7) is 1.22. The van der Waals surface area contributed by atoms with Crippen LogP contribution >= 0.6 is 0 Å². The van der Waals surface area contributed by atoms with Gasteiger partial charge in [-0.05, 0) is 24.6 Å². The zero-order valence-electron chi connectivity index (χ0n) is 11.0. The molecule has 8 heteroatoms. The minimum Gasteiger partial charge on any atom is -0.480 e. The van der Waals surface area contributed by atoms with Crippen LogP contribution in [0, 0.1) is 0 Å². The zero-order chi connectivity index (χ0) is 15.3. The highest BCUT2D eigenvalue weighted by Crippen LogP contribution is 2.13. The highest BCUT2D eigenvalue weighted by atomic mass is 32.2. The fourth-order valence-electron chi connectivity index (χ4n) is 1.41. The summed E-state index contributed by atoms with van der Waals surface area (Å²) in [6, 6.07) is 4.42. The van der Waals surface area contributed by atoms with Gasteiger partial charge in [0.15, 0.2) is 0 Å². The number of ether oxygens (including phenoxy) is 1. The Balaban J connectivity index is 2.98. The summed E-state index contributed by atoms with van der Waals surface area (Å²) in [6.07, 6.45) is -0.0612. The number of esters is 1. The number of benzene rings is 1. The quantitative estimate of drug-likeness (QED) is 0.724. The van der Waals surface area contributed by atoms with E-state index >= 15 is 0 Å². The monoisotopic (exact) mass is 301 g/mol. The highest BCUT2D eigenvalue weighted by Gasteiger charge is 2.21. The molecule has 0 fully saturated rings. The molecule has 0 radical (unpaired) electrons. The first kappa shape index (κ1) is 16.1. The first-order valence-electron chi connectivity index (χ1n) is 5.67. The van der Waals surface area contributed by atoms with E-state index in [2.05, 4.69) is 4.74 Å². The molecule has 0 amide bonds. The molecule has 110 valence electrons. The molecule has 0 bridgehead atoms. The lowest BCUT2D eigenvalue weighted by molar-refractivity contribution is -0.140. The third kappa shape index (κ3) is 4.32. The normalized spacial score (nSPS) is 12.7.